The van der Waals surface area contributed by atoms with Crippen LogP contribution in [0.3, 0.4) is 0 Å². The van der Waals surface area contributed by atoms with Crippen LogP contribution in [0.1, 0.15) is 19.4 Å². The monoisotopic (exact) mass is 274 g/mol. The van der Waals surface area contributed by atoms with Crippen LogP contribution in [0.15, 0.2) is 35.4 Å². The summed E-state index contributed by atoms with van der Waals surface area (Å²) in [4.78, 5) is 11.2. The van der Waals surface area contributed by atoms with E-state index in [4.69, 9.17) is 5.11 Å². The molecule has 1 atom stereocenters. The summed E-state index contributed by atoms with van der Waals surface area (Å²) in [5.41, 5.74) is 0.986. The minimum atomic E-state index is -0.591. The molecule has 19 heavy (non-hydrogen) atoms. The molecule has 1 aliphatic heterocycles. The summed E-state index contributed by atoms with van der Waals surface area (Å²) in [7, 11) is 0. The van der Waals surface area contributed by atoms with Crippen molar-refractivity contribution in [2.24, 2.45) is 5.10 Å². The fourth-order valence-electron chi connectivity index (χ4n) is 1.90. The first-order valence-electron chi connectivity index (χ1n) is 5.81. The predicted octanol–water partition coefficient (Wildman–Crippen LogP) is 1.76. The van der Waals surface area contributed by atoms with Crippen LogP contribution in [0.4, 0.5) is 0 Å². The lowest BCUT2D eigenvalue weighted by molar-refractivity contribution is -0.131. The molecule has 1 amide bonds. The number of hydrogen-bond donors (Lipinski definition) is 1. The number of carbonyl (C=O) groups is 1. The van der Waals surface area contributed by atoms with Gasteiger partial charge in [-0.3, -0.25) is 4.79 Å². The van der Waals surface area contributed by atoms with Gasteiger partial charge in [-0.2, -0.15) is 5.10 Å². The molecule has 0 spiro atoms. The average Bonchev–Trinajstić information content (AvgIpc) is 2.76. The van der Waals surface area contributed by atoms with Gasteiger partial charge in [0.1, 0.15) is 11.5 Å². The van der Waals surface area contributed by atoms with Gasteiger partial charge in [-0.15, -0.1) is 0 Å². The number of aliphatic hydroxyl groups is 1. The molecule has 1 unspecified atom stereocenters. The molecule has 1 N–H and O–H groups in total. The summed E-state index contributed by atoms with van der Waals surface area (Å²) >= 11 is 1.41. The van der Waals surface area contributed by atoms with E-state index in [2.05, 4.69) is 16.9 Å². The van der Waals surface area contributed by atoms with E-state index in [1.807, 2.05) is 37.3 Å². The number of rotatable bonds is 1. The van der Waals surface area contributed by atoms with Crippen LogP contribution < -0.4 is 0 Å². The van der Waals surface area contributed by atoms with Gasteiger partial charge in [0.05, 0.1) is 0 Å². The van der Waals surface area contributed by atoms with Gasteiger partial charge in [0.25, 0.3) is 0 Å². The predicted molar refractivity (Wildman–Crippen MR) is 76.2 cm³/mol. The topological polar surface area (TPSA) is 52.9 Å². The Balaban J connectivity index is 2.39. The van der Waals surface area contributed by atoms with Crippen LogP contribution in [0, 0.1) is 11.8 Å². The Bertz CT molecular complexity index is 574. The van der Waals surface area contributed by atoms with Crippen LogP contribution in [-0.2, 0) is 9.67 Å². The minimum absolute atomic E-state index is 0.139. The Morgan fingerprint density at radius 3 is 2.74 bits per heavy atom. The maximum atomic E-state index is 11.8. The standard InChI is InChI=1S/C14H14N2O2S/c1-11(18)16-14(2,12-7-4-3-5-8-12)19-13(15-16)9-6-10-17/h3-5,7-8,17H,10H2,1-2H3. The largest absolute Gasteiger partial charge is 0.384 e. The Hall–Kier alpha value is -1.77. The summed E-state index contributed by atoms with van der Waals surface area (Å²) in [6.07, 6.45) is 0. The van der Waals surface area contributed by atoms with Crippen molar-refractivity contribution >= 4 is 22.7 Å². The lowest BCUT2D eigenvalue weighted by Gasteiger charge is -2.31. The molecule has 1 heterocycles. The van der Waals surface area contributed by atoms with Crippen LogP contribution >= 0.6 is 11.8 Å². The van der Waals surface area contributed by atoms with E-state index in [9.17, 15) is 4.79 Å². The van der Waals surface area contributed by atoms with Crippen LogP contribution in [0.25, 0.3) is 0 Å². The molecule has 4 nitrogen and oxygen atoms in total. The van der Waals surface area contributed by atoms with Gasteiger partial charge in [0, 0.05) is 6.92 Å². The zero-order valence-corrected chi connectivity index (χ0v) is 11.6. The first kappa shape index (κ1) is 13.7. The zero-order chi connectivity index (χ0) is 13.9. The van der Waals surface area contributed by atoms with Crippen molar-refractivity contribution < 1.29 is 9.90 Å². The summed E-state index contributed by atoms with van der Waals surface area (Å²) in [5, 5.41) is 14.9. The van der Waals surface area contributed by atoms with E-state index in [0.717, 1.165) is 5.56 Å². The Morgan fingerprint density at radius 2 is 2.16 bits per heavy atom. The van der Waals surface area contributed by atoms with Crippen LogP contribution in [0.5, 0.6) is 0 Å². The highest BCUT2D eigenvalue weighted by molar-refractivity contribution is 8.15. The third-order valence-electron chi connectivity index (χ3n) is 2.77. The molecule has 0 saturated heterocycles. The summed E-state index contributed by atoms with van der Waals surface area (Å²) in [5.74, 6) is 5.18. The van der Waals surface area contributed by atoms with Crippen molar-refractivity contribution in [3.63, 3.8) is 0 Å². The van der Waals surface area contributed by atoms with Crippen molar-refractivity contribution in [1.82, 2.24) is 5.01 Å². The molecule has 0 fully saturated rings. The van der Waals surface area contributed by atoms with Crippen LogP contribution in [-0.4, -0.2) is 27.7 Å². The number of nitrogens with zero attached hydrogens (tertiary/aromatic N) is 2. The Kier molecular flexibility index (Phi) is 3.93. The third kappa shape index (κ3) is 2.65. The molecule has 1 aliphatic rings. The zero-order valence-electron chi connectivity index (χ0n) is 10.8. The number of hydrogen-bond acceptors (Lipinski definition) is 4. The maximum Gasteiger partial charge on any atom is 0.241 e. The quantitative estimate of drug-likeness (QED) is 0.794. The van der Waals surface area contributed by atoms with Gasteiger partial charge < -0.3 is 5.11 Å². The third-order valence-corrected chi connectivity index (χ3v) is 3.96. The van der Waals surface area contributed by atoms with E-state index in [0.29, 0.717) is 5.04 Å². The maximum absolute atomic E-state index is 11.8. The minimum Gasteiger partial charge on any atom is -0.384 e. The smallest absolute Gasteiger partial charge is 0.241 e. The fourth-order valence-corrected chi connectivity index (χ4v) is 3.04. The van der Waals surface area contributed by atoms with Crippen molar-refractivity contribution in [2.75, 3.05) is 6.61 Å². The number of carbonyl (C=O) groups excluding carboxylic acids is 1. The van der Waals surface area contributed by atoms with E-state index < -0.39 is 4.87 Å². The molecule has 1 aromatic carbocycles. The van der Waals surface area contributed by atoms with Gasteiger partial charge in [0.2, 0.25) is 5.91 Å². The van der Waals surface area contributed by atoms with Crippen LogP contribution in [0.2, 0.25) is 0 Å². The molecule has 0 aliphatic carbocycles. The number of hydrazone groups is 1. The van der Waals surface area contributed by atoms with Crippen molar-refractivity contribution in [1.29, 1.82) is 0 Å². The lowest BCUT2D eigenvalue weighted by Crippen LogP contribution is -2.37. The molecule has 98 valence electrons. The Morgan fingerprint density at radius 1 is 1.47 bits per heavy atom. The highest BCUT2D eigenvalue weighted by atomic mass is 32.2. The number of thioether (sulfide) groups is 1. The van der Waals surface area contributed by atoms with Gasteiger partial charge >= 0.3 is 0 Å². The van der Waals surface area contributed by atoms with Crippen molar-refractivity contribution in [3.8, 4) is 11.8 Å². The van der Waals surface area contributed by atoms with E-state index in [-0.39, 0.29) is 12.5 Å². The average molecular weight is 274 g/mol. The second-order valence-electron chi connectivity index (χ2n) is 4.15. The first-order chi connectivity index (χ1) is 9.08. The lowest BCUT2D eigenvalue weighted by atomic mass is 10.1. The molecule has 5 heteroatoms. The van der Waals surface area contributed by atoms with Gasteiger partial charge in [0.15, 0.2) is 5.04 Å². The van der Waals surface area contributed by atoms with Gasteiger partial charge in [-0.25, -0.2) is 5.01 Å². The van der Waals surface area contributed by atoms with E-state index in [1.54, 1.807) is 0 Å². The van der Waals surface area contributed by atoms with Crippen molar-refractivity contribution in [3.05, 3.63) is 35.9 Å². The summed E-state index contributed by atoms with van der Waals surface area (Å²) in [6.45, 7) is 3.20. The molecular formula is C14H14N2O2S. The fraction of sp³-hybridized carbons (Fsp3) is 0.286. The second-order valence-corrected chi connectivity index (χ2v) is 5.53. The van der Waals surface area contributed by atoms with E-state index in [1.165, 1.54) is 23.7 Å². The Labute approximate surface area is 116 Å². The molecule has 0 saturated carbocycles. The molecule has 0 radical (unpaired) electrons. The molecule has 0 aromatic heterocycles. The highest BCUT2D eigenvalue weighted by Gasteiger charge is 2.42. The molecule has 0 bridgehead atoms. The molecule has 1 aromatic rings. The summed E-state index contributed by atoms with van der Waals surface area (Å²) in [6, 6.07) is 9.70. The normalized spacial score (nSPS) is 21.6. The van der Waals surface area contributed by atoms with Gasteiger partial charge in [-0.1, -0.05) is 48.0 Å². The van der Waals surface area contributed by atoms with Crippen molar-refractivity contribution in [2.45, 2.75) is 18.7 Å². The number of benzene rings is 1. The molecular weight excluding hydrogens is 260 g/mol. The van der Waals surface area contributed by atoms with Gasteiger partial charge in [-0.05, 0) is 18.4 Å². The SMILES string of the molecule is CC(=O)N1N=C(C#CCO)SC1(C)c1ccccc1. The molecule has 2 rings (SSSR count). The highest BCUT2D eigenvalue weighted by Crippen LogP contribution is 2.45. The number of aliphatic hydroxyl groups excluding tert-OH is 1. The summed E-state index contributed by atoms with van der Waals surface area (Å²) < 4.78 is 0. The van der Waals surface area contributed by atoms with E-state index >= 15 is 0 Å². The number of amides is 1. The first-order valence-corrected chi connectivity index (χ1v) is 6.63. The second kappa shape index (κ2) is 5.47.